The van der Waals surface area contributed by atoms with Gasteiger partial charge in [-0.1, -0.05) is 26.7 Å². The Morgan fingerprint density at radius 1 is 1.45 bits per heavy atom. The van der Waals surface area contributed by atoms with E-state index in [-0.39, 0.29) is 12.2 Å². The number of thiophene rings is 1. The molecule has 1 aliphatic carbocycles. The summed E-state index contributed by atoms with van der Waals surface area (Å²) in [6.45, 7) is 5.34. The van der Waals surface area contributed by atoms with E-state index in [4.69, 9.17) is 0 Å². The molecule has 2 fully saturated rings. The van der Waals surface area contributed by atoms with Crippen LogP contribution >= 0.6 is 11.3 Å². The summed E-state index contributed by atoms with van der Waals surface area (Å²) in [5, 5.41) is 7.77. The lowest BCUT2D eigenvalue weighted by molar-refractivity contribution is -0.130. The Balaban J connectivity index is 1.79. The maximum atomic E-state index is 12.6. The van der Waals surface area contributed by atoms with Crippen molar-refractivity contribution >= 4 is 17.2 Å². The van der Waals surface area contributed by atoms with Gasteiger partial charge in [-0.3, -0.25) is 10.1 Å². The molecule has 2 aliphatic rings. The monoisotopic (exact) mass is 292 g/mol. The van der Waals surface area contributed by atoms with Crippen molar-refractivity contribution in [2.75, 3.05) is 6.54 Å². The van der Waals surface area contributed by atoms with E-state index >= 15 is 0 Å². The molecule has 0 radical (unpaired) electrons. The summed E-state index contributed by atoms with van der Waals surface area (Å²) in [5.74, 6) is 1.73. The van der Waals surface area contributed by atoms with Crippen LogP contribution in [0.5, 0.6) is 0 Å². The third-order valence-electron chi connectivity index (χ3n) is 4.99. The molecule has 2 heterocycles. The first-order valence-corrected chi connectivity index (χ1v) is 8.73. The van der Waals surface area contributed by atoms with E-state index < -0.39 is 0 Å². The molecule has 1 aliphatic heterocycles. The Labute approximate surface area is 125 Å². The molecule has 1 aromatic heterocycles. The van der Waals surface area contributed by atoms with Crippen molar-refractivity contribution in [1.29, 1.82) is 0 Å². The molecule has 3 nitrogen and oxygen atoms in total. The summed E-state index contributed by atoms with van der Waals surface area (Å²) in [5.41, 5.74) is 1.24. The summed E-state index contributed by atoms with van der Waals surface area (Å²) in [6.07, 6.45) is 4.88. The Morgan fingerprint density at radius 2 is 2.30 bits per heavy atom. The van der Waals surface area contributed by atoms with E-state index in [2.05, 4.69) is 40.9 Å². The number of carbonyl (C=O) groups is 1. The van der Waals surface area contributed by atoms with Gasteiger partial charge < -0.3 is 4.90 Å². The lowest BCUT2D eigenvalue weighted by Crippen LogP contribution is -2.35. The number of rotatable bonds is 4. The lowest BCUT2D eigenvalue weighted by atomic mass is 9.97. The second kappa shape index (κ2) is 5.86. The van der Waals surface area contributed by atoms with Crippen molar-refractivity contribution in [2.24, 2.45) is 11.8 Å². The van der Waals surface area contributed by atoms with Crippen molar-refractivity contribution < 1.29 is 4.79 Å². The number of nitrogens with one attached hydrogen (secondary N) is 1. The topological polar surface area (TPSA) is 32.3 Å². The van der Waals surface area contributed by atoms with Gasteiger partial charge in [-0.2, -0.15) is 11.3 Å². The molecular formula is C16H24N2OS. The molecule has 1 amide bonds. The maximum absolute atomic E-state index is 12.6. The Hall–Kier alpha value is -0.870. The van der Waals surface area contributed by atoms with Crippen LogP contribution in [0.1, 0.15) is 51.3 Å². The zero-order valence-electron chi connectivity index (χ0n) is 12.3. The molecule has 0 aromatic carbocycles. The smallest absolute Gasteiger partial charge is 0.241 e. The number of hydrogen-bond acceptors (Lipinski definition) is 3. The normalized spacial score (nSPS) is 34.1. The number of nitrogens with zero attached hydrogens (tertiary/aromatic N) is 1. The number of amides is 1. The predicted molar refractivity (Wildman–Crippen MR) is 82.5 cm³/mol. The first kappa shape index (κ1) is 14.1. The Kier molecular flexibility index (Phi) is 4.13. The van der Waals surface area contributed by atoms with Crippen molar-refractivity contribution in [1.82, 2.24) is 10.2 Å². The van der Waals surface area contributed by atoms with Gasteiger partial charge >= 0.3 is 0 Å². The first-order chi connectivity index (χ1) is 9.70. The summed E-state index contributed by atoms with van der Waals surface area (Å²) in [7, 11) is 0. The molecule has 1 aromatic rings. The van der Waals surface area contributed by atoms with Crippen LogP contribution in [0, 0.1) is 11.8 Å². The molecule has 0 bridgehead atoms. The average Bonchev–Trinajstić information content (AvgIpc) is 3.14. The molecule has 20 heavy (non-hydrogen) atoms. The predicted octanol–water partition coefficient (Wildman–Crippen LogP) is 3.39. The van der Waals surface area contributed by atoms with Gasteiger partial charge in [0.25, 0.3) is 0 Å². The Morgan fingerprint density at radius 3 is 2.90 bits per heavy atom. The standard InChI is InChI=1S/C16H24N2OS/c1-3-14-16(19)18(9-12-6-4-5-11(12)2)15(17-14)13-7-8-20-10-13/h7-8,10-12,14-15,17H,3-6,9H2,1-2H3. The summed E-state index contributed by atoms with van der Waals surface area (Å²) in [6, 6.07) is 2.13. The molecule has 1 saturated carbocycles. The van der Waals surface area contributed by atoms with E-state index in [0.29, 0.717) is 11.8 Å². The van der Waals surface area contributed by atoms with Gasteiger partial charge in [0.1, 0.15) is 6.17 Å². The molecule has 4 unspecified atom stereocenters. The molecule has 1 N–H and O–H groups in total. The zero-order valence-corrected chi connectivity index (χ0v) is 13.2. The highest BCUT2D eigenvalue weighted by atomic mass is 32.1. The summed E-state index contributed by atoms with van der Waals surface area (Å²) in [4.78, 5) is 14.7. The molecule has 0 spiro atoms. The lowest BCUT2D eigenvalue weighted by Gasteiger charge is -2.28. The van der Waals surface area contributed by atoms with Crippen LogP contribution in [0.4, 0.5) is 0 Å². The highest BCUT2D eigenvalue weighted by Gasteiger charge is 2.40. The highest BCUT2D eigenvalue weighted by molar-refractivity contribution is 7.07. The van der Waals surface area contributed by atoms with Crippen LogP contribution < -0.4 is 5.32 Å². The second-order valence-electron chi connectivity index (χ2n) is 6.25. The molecule has 3 rings (SSSR count). The highest BCUT2D eigenvalue weighted by Crippen LogP contribution is 2.35. The second-order valence-corrected chi connectivity index (χ2v) is 7.03. The van der Waals surface area contributed by atoms with E-state index in [9.17, 15) is 4.79 Å². The van der Waals surface area contributed by atoms with E-state index in [1.165, 1.54) is 24.8 Å². The van der Waals surface area contributed by atoms with Crippen LogP contribution in [-0.2, 0) is 4.79 Å². The van der Waals surface area contributed by atoms with E-state index in [1.807, 2.05) is 0 Å². The van der Waals surface area contributed by atoms with Crippen molar-refractivity contribution in [3.8, 4) is 0 Å². The zero-order chi connectivity index (χ0) is 14.1. The van der Waals surface area contributed by atoms with Gasteiger partial charge in [0.15, 0.2) is 0 Å². The van der Waals surface area contributed by atoms with Gasteiger partial charge in [-0.25, -0.2) is 0 Å². The quantitative estimate of drug-likeness (QED) is 0.922. The number of hydrogen-bond donors (Lipinski definition) is 1. The molecule has 110 valence electrons. The fourth-order valence-corrected chi connectivity index (χ4v) is 4.30. The SMILES string of the molecule is CCC1NC(c2ccsc2)N(CC2CCCC2C)C1=O. The van der Waals surface area contributed by atoms with E-state index in [0.717, 1.165) is 18.9 Å². The van der Waals surface area contributed by atoms with Crippen LogP contribution in [-0.4, -0.2) is 23.4 Å². The Bertz CT molecular complexity index is 459. The minimum Gasteiger partial charge on any atom is -0.321 e. The fraction of sp³-hybridized carbons (Fsp3) is 0.688. The minimum absolute atomic E-state index is 0.00314. The van der Waals surface area contributed by atoms with Crippen LogP contribution in [0.25, 0.3) is 0 Å². The number of carbonyl (C=O) groups excluding carboxylic acids is 1. The third-order valence-corrected chi connectivity index (χ3v) is 5.69. The van der Waals surface area contributed by atoms with Crippen molar-refractivity contribution in [3.63, 3.8) is 0 Å². The van der Waals surface area contributed by atoms with Crippen molar-refractivity contribution in [2.45, 2.75) is 51.7 Å². The molecular weight excluding hydrogens is 268 g/mol. The first-order valence-electron chi connectivity index (χ1n) is 7.79. The van der Waals surface area contributed by atoms with Gasteiger partial charge in [-0.15, -0.1) is 0 Å². The van der Waals surface area contributed by atoms with Crippen molar-refractivity contribution in [3.05, 3.63) is 22.4 Å². The summed E-state index contributed by atoms with van der Waals surface area (Å²) < 4.78 is 0. The molecule has 4 heteroatoms. The van der Waals surface area contributed by atoms with Crippen LogP contribution in [0.15, 0.2) is 16.8 Å². The van der Waals surface area contributed by atoms with Crippen LogP contribution in [0.3, 0.4) is 0 Å². The van der Waals surface area contributed by atoms with Gasteiger partial charge in [0.2, 0.25) is 5.91 Å². The fourth-order valence-electron chi connectivity index (χ4n) is 3.62. The third kappa shape index (κ3) is 2.51. The maximum Gasteiger partial charge on any atom is 0.241 e. The largest absolute Gasteiger partial charge is 0.321 e. The molecule has 4 atom stereocenters. The molecule has 1 saturated heterocycles. The van der Waals surface area contributed by atoms with Gasteiger partial charge in [0.05, 0.1) is 6.04 Å². The van der Waals surface area contributed by atoms with Gasteiger partial charge in [0, 0.05) is 6.54 Å². The van der Waals surface area contributed by atoms with Gasteiger partial charge in [-0.05, 0) is 47.1 Å². The van der Waals surface area contributed by atoms with E-state index in [1.54, 1.807) is 11.3 Å². The minimum atomic E-state index is -0.00314. The van der Waals surface area contributed by atoms with Crippen LogP contribution in [0.2, 0.25) is 0 Å². The summed E-state index contributed by atoms with van der Waals surface area (Å²) >= 11 is 1.70. The average molecular weight is 292 g/mol.